The first kappa shape index (κ1) is 14.0. The summed E-state index contributed by atoms with van der Waals surface area (Å²) in [5.74, 6) is 0.231. The second kappa shape index (κ2) is 5.72. The van der Waals surface area contributed by atoms with Crippen molar-refractivity contribution in [2.24, 2.45) is 0 Å². The third-order valence-electron chi connectivity index (χ3n) is 2.80. The Bertz CT molecular complexity index is 597. The van der Waals surface area contributed by atoms with Gasteiger partial charge in [0.05, 0.1) is 6.10 Å². The molecule has 1 unspecified atom stereocenters. The van der Waals surface area contributed by atoms with Crippen LogP contribution in [0.4, 0.5) is 4.39 Å². The zero-order valence-corrected chi connectivity index (χ0v) is 12.2. The molecule has 100 valence electrons. The summed E-state index contributed by atoms with van der Waals surface area (Å²) in [7, 11) is 0. The third kappa shape index (κ3) is 3.33. The summed E-state index contributed by atoms with van der Waals surface area (Å²) in [6.07, 6.45) is -0.696. The third-order valence-corrected chi connectivity index (χ3v) is 3.69. The van der Waals surface area contributed by atoms with Crippen molar-refractivity contribution in [1.82, 2.24) is 0 Å². The van der Waals surface area contributed by atoms with Gasteiger partial charge in [0.2, 0.25) is 0 Å². The average Bonchev–Trinajstić information content (AvgIpc) is 2.36. The lowest BCUT2D eigenvalue weighted by Crippen LogP contribution is -1.94. The summed E-state index contributed by atoms with van der Waals surface area (Å²) in [6, 6.07) is 9.90. The second-order valence-corrected chi connectivity index (χ2v) is 5.23. The molecule has 0 aliphatic heterocycles. The number of aryl methyl sites for hydroxylation is 1. The SMILES string of the molecule is Cc1cc(Oc2ccc(C(C)O)cc2F)ccc1Br. The van der Waals surface area contributed by atoms with Crippen molar-refractivity contribution in [1.29, 1.82) is 0 Å². The number of benzene rings is 2. The first-order valence-corrected chi connectivity index (χ1v) is 6.68. The van der Waals surface area contributed by atoms with Crippen molar-refractivity contribution in [2.45, 2.75) is 20.0 Å². The first-order chi connectivity index (χ1) is 8.97. The van der Waals surface area contributed by atoms with E-state index in [1.165, 1.54) is 12.1 Å². The fraction of sp³-hybridized carbons (Fsp3) is 0.200. The Morgan fingerprint density at radius 3 is 2.53 bits per heavy atom. The molecule has 0 aromatic heterocycles. The summed E-state index contributed by atoms with van der Waals surface area (Å²) in [6.45, 7) is 3.53. The lowest BCUT2D eigenvalue weighted by molar-refractivity contribution is 0.198. The van der Waals surface area contributed by atoms with Gasteiger partial charge in [0.25, 0.3) is 0 Å². The van der Waals surface area contributed by atoms with Crippen molar-refractivity contribution in [3.05, 3.63) is 57.8 Å². The number of rotatable bonds is 3. The fourth-order valence-electron chi connectivity index (χ4n) is 1.67. The van der Waals surface area contributed by atoms with E-state index in [1.54, 1.807) is 19.1 Å². The molecule has 2 aromatic rings. The molecule has 1 atom stereocenters. The van der Waals surface area contributed by atoms with Crippen molar-refractivity contribution in [3.63, 3.8) is 0 Å². The van der Waals surface area contributed by atoms with E-state index in [4.69, 9.17) is 4.74 Å². The van der Waals surface area contributed by atoms with Gasteiger partial charge in [0.1, 0.15) is 5.75 Å². The Hall–Kier alpha value is -1.39. The number of halogens is 2. The minimum absolute atomic E-state index is 0.145. The lowest BCUT2D eigenvalue weighted by Gasteiger charge is -2.10. The van der Waals surface area contributed by atoms with Crippen LogP contribution in [0.25, 0.3) is 0 Å². The maximum Gasteiger partial charge on any atom is 0.166 e. The summed E-state index contributed by atoms with van der Waals surface area (Å²) in [5.41, 5.74) is 1.54. The molecule has 2 rings (SSSR count). The van der Waals surface area contributed by atoms with Gasteiger partial charge in [-0.1, -0.05) is 22.0 Å². The van der Waals surface area contributed by atoms with Gasteiger partial charge in [-0.15, -0.1) is 0 Å². The van der Waals surface area contributed by atoms with Gasteiger partial charge in [0.15, 0.2) is 11.6 Å². The Balaban J connectivity index is 2.25. The van der Waals surface area contributed by atoms with Crippen LogP contribution in [0.5, 0.6) is 11.5 Å². The van der Waals surface area contributed by atoms with Gasteiger partial charge in [-0.3, -0.25) is 0 Å². The standard InChI is InChI=1S/C15H14BrFO2/c1-9-7-12(4-5-13(9)16)19-15-6-3-11(10(2)18)8-14(15)17/h3-8,10,18H,1-2H3. The molecule has 1 N–H and O–H groups in total. The van der Waals surface area contributed by atoms with Gasteiger partial charge in [-0.05, 0) is 55.3 Å². The average molecular weight is 325 g/mol. The monoisotopic (exact) mass is 324 g/mol. The van der Waals surface area contributed by atoms with Gasteiger partial charge in [-0.25, -0.2) is 4.39 Å². The Morgan fingerprint density at radius 1 is 1.21 bits per heavy atom. The quantitative estimate of drug-likeness (QED) is 0.883. The van der Waals surface area contributed by atoms with E-state index < -0.39 is 11.9 Å². The molecule has 0 saturated heterocycles. The van der Waals surface area contributed by atoms with Gasteiger partial charge >= 0.3 is 0 Å². The van der Waals surface area contributed by atoms with E-state index >= 15 is 0 Å². The maximum atomic E-state index is 13.8. The summed E-state index contributed by atoms with van der Waals surface area (Å²) in [4.78, 5) is 0. The zero-order chi connectivity index (χ0) is 14.0. The molecule has 0 heterocycles. The molecular formula is C15H14BrFO2. The molecule has 0 bridgehead atoms. The normalized spacial score (nSPS) is 12.3. The van der Waals surface area contributed by atoms with Gasteiger partial charge < -0.3 is 9.84 Å². The number of aliphatic hydroxyl groups is 1. The molecule has 0 spiro atoms. The number of ether oxygens (including phenoxy) is 1. The minimum atomic E-state index is -0.696. The molecule has 19 heavy (non-hydrogen) atoms. The van der Waals surface area contributed by atoms with Crippen molar-refractivity contribution in [2.75, 3.05) is 0 Å². The molecule has 0 amide bonds. The summed E-state index contributed by atoms with van der Waals surface area (Å²) >= 11 is 3.40. The van der Waals surface area contributed by atoms with Gasteiger partial charge in [-0.2, -0.15) is 0 Å². The molecular weight excluding hydrogens is 311 g/mol. The van der Waals surface area contributed by atoms with Crippen molar-refractivity contribution >= 4 is 15.9 Å². The van der Waals surface area contributed by atoms with E-state index in [-0.39, 0.29) is 5.75 Å². The molecule has 0 aliphatic carbocycles. The molecule has 0 fully saturated rings. The predicted octanol–water partition coefficient (Wildman–Crippen LogP) is 4.74. The van der Waals surface area contributed by atoms with Crippen LogP contribution in [0.1, 0.15) is 24.2 Å². The smallest absolute Gasteiger partial charge is 0.166 e. The second-order valence-electron chi connectivity index (χ2n) is 4.38. The first-order valence-electron chi connectivity index (χ1n) is 5.89. The van der Waals surface area contributed by atoms with Crippen LogP contribution in [-0.4, -0.2) is 5.11 Å². The van der Waals surface area contributed by atoms with E-state index in [9.17, 15) is 9.50 Å². The maximum absolute atomic E-state index is 13.8. The number of hydrogen-bond acceptors (Lipinski definition) is 2. The van der Waals surface area contributed by atoms with Crippen molar-refractivity contribution < 1.29 is 14.2 Å². The minimum Gasteiger partial charge on any atom is -0.454 e. The Kier molecular flexibility index (Phi) is 4.22. The summed E-state index contributed by atoms with van der Waals surface area (Å²) < 4.78 is 20.3. The highest BCUT2D eigenvalue weighted by molar-refractivity contribution is 9.10. The highest BCUT2D eigenvalue weighted by Gasteiger charge is 2.09. The van der Waals surface area contributed by atoms with E-state index in [0.717, 1.165) is 10.0 Å². The van der Waals surface area contributed by atoms with Crippen molar-refractivity contribution in [3.8, 4) is 11.5 Å². The van der Waals surface area contributed by atoms with E-state index in [1.807, 2.05) is 19.1 Å². The summed E-state index contributed by atoms with van der Waals surface area (Å²) in [5, 5.41) is 9.38. The lowest BCUT2D eigenvalue weighted by atomic mass is 10.1. The Labute approximate surface area is 120 Å². The topological polar surface area (TPSA) is 29.5 Å². The van der Waals surface area contributed by atoms with E-state index in [2.05, 4.69) is 15.9 Å². The fourth-order valence-corrected chi connectivity index (χ4v) is 1.91. The predicted molar refractivity (Wildman–Crippen MR) is 76.0 cm³/mol. The largest absolute Gasteiger partial charge is 0.454 e. The molecule has 4 heteroatoms. The Morgan fingerprint density at radius 2 is 1.95 bits per heavy atom. The van der Waals surface area contributed by atoms with Crippen LogP contribution in [0.15, 0.2) is 40.9 Å². The molecule has 2 nitrogen and oxygen atoms in total. The van der Waals surface area contributed by atoms with Crippen LogP contribution in [0, 0.1) is 12.7 Å². The molecule has 2 aromatic carbocycles. The van der Waals surface area contributed by atoms with E-state index in [0.29, 0.717) is 11.3 Å². The number of aliphatic hydroxyl groups excluding tert-OH is 1. The van der Waals surface area contributed by atoms with Crippen LogP contribution < -0.4 is 4.74 Å². The van der Waals surface area contributed by atoms with Crippen LogP contribution >= 0.6 is 15.9 Å². The highest BCUT2D eigenvalue weighted by atomic mass is 79.9. The van der Waals surface area contributed by atoms with Crippen LogP contribution in [-0.2, 0) is 0 Å². The highest BCUT2D eigenvalue weighted by Crippen LogP contribution is 2.29. The van der Waals surface area contributed by atoms with Crippen LogP contribution in [0.3, 0.4) is 0 Å². The number of hydrogen-bond donors (Lipinski definition) is 1. The molecule has 0 radical (unpaired) electrons. The molecule has 0 saturated carbocycles. The van der Waals surface area contributed by atoms with Crippen LogP contribution in [0.2, 0.25) is 0 Å². The zero-order valence-electron chi connectivity index (χ0n) is 10.7. The van der Waals surface area contributed by atoms with Gasteiger partial charge in [0, 0.05) is 4.47 Å². The molecule has 0 aliphatic rings.